The summed E-state index contributed by atoms with van der Waals surface area (Å²) in [6.45, 7) is 6.29. The first-order valence-electron chi connectivity index (χ1n) is 10.2. The third-order valence-electron chi connectivity index (χ3n) is 5.78. The number of hydrogen-bond acceptors (Lipinski definition) is 4. The Kier molecular flexibility index (Phi) is 5.43. The molecule has 0 unspecified atom stereocenters. The van der Waals surface area contributed by atoms with E-state index in [2.05, 4.69) is 44.3 Å². The van der Waals surface area contributed by atoms with Gasteiger partial charge in [-0.15, -0.1) is 0 Å². The summed E-state index contributed by atoms with van der Waals surface area (Å²) < 4.78 is 0. The summed E-state index contributed by atoms with van der Waals surface area (Å²) in [6, 6.07) is 0. The van der Waals surface area contributed by atoms with Crippen LogP contribution in [0.15, 0.2) is 23.4 Å². The molecular weight excluding hydrogens is 352 g/mol. The average Bonchev–Trinajstić information content (AvgIpc) is 3.19. The molecule has 148 valence electrons. The molecule has 7 nitrogen and oxygen atoms in total. The first-order chi connectivity index (χ1) is 13.7. The van der Waals surface area contributed by atoms with Crippen LogP contribution in [0.3, 0.4) is 0 Å². The smallest absolute Gasteiger partial charge is 0.273 e. The summed E-state index contributed by atoms with van der Waals surface area (Å²) >= 11 is 0. The van der Waals surface area contributed by atoms with Crippen LogP contribution in [-0.2, 0) is 12.8 Å². The fourth-order valence-corrected chi connectivity index (χ4v) is 4.17. The number of nitrogens with zero attached hydrogens (tertiary/aromatic N) is 2. The number of rotatable bonds is 8. The zero-order valence-electron chi connectivity index (χ0n) is 16.6. The van der Waals surface area contributed by atoms with Crippen LogP contribution in [0.4, 0.5) is 0 Å². The van der Waals surface area contributed by atoms with Crippen molar-refractivity contribution >= 4 is 0 Å². The molecule has 3 aromatic rings. The van der Waals surface area contributed by atoms with Gasteiger partial charge in [0.05, 0.1) is 17.0 Å². The van der Waals surface area contributed by atoms with E-state index in [9.17, 15) is 4.79 Å². The number of hydrogen-bond donors (Lipinski definition) is 4. The van der Waals surface area contributed by atoms with Crippen molar-refractivity contribution in [3.05, 3.63) is 57.2 Å². The Labute approximate surface area is 164 Å². The minimum absolute atomic E-state index is 0.171. The lowest BCUT2D eigenvalue weighted by Crippen LogP contribution is -2.18. The topological polar surface area (TPSA) is 102 Å². The van der Waals surface area contributed by atoms with E-state index in [1.54, 1.807) is 18.6 Å². The van der Waals surface area contributed by atoms with Crippen LogP contribution in [-0.4, -0.2) is 38.2 Å². The SMILES string of the molecule is CCNCCc1c(C)[nH]c(Cc2nccnc2-c2c[nH][nH]c2=O)c1C1CCC1. The van der Waals surface area contributed by atoms with E-state index >= 15 is 0 Å². The lowest BCUT2D eigenvalue weighted by molar-refractivity contribution is 0.415. The minimum Gasteiger partial charge on any atom is -0.362 e. The Morgan fingerprint density at radius 1 is 1.25 bits per heavy atom. The highest BCUT2D eigenvalue weighted by Gasteiger charge is 2.28. The summed E-state index contributed by atoms with van der Waals surface area (Å²) in [4.78, 5) is 24.7. The van der Waals surface area contributed by atoms with E-state index in [1.807, 2.05) is 0 Å². The minimum atomic E-state index is -0.171. The van der Waals surface area contributed by atoms with Gasteiger partial charge in [-0.05, 0) is 56.3 Å². The second-order valence-corrected chi connectivity index (χ2v) is 7.54. The van der Waals surface area contributed by atoms with E-state index < -0.39 is 0 Å². The van der Waals surface area contributed by atoms with Crippen molar-refractivity contribution in [2.24, 2.45) is 0 Å². The van der Waals surface area contributed by atoms with Crippen molar-refractivity contribution in [1.82, 2.24) is 30.5 Å². The molecule has 1 aliphatic carbocycles. The predicted octanol–water partition coefficient (Wildman–Crippen LogP) is 2.81. The Morgan fingerprint density at radius 2 is 2.07 bits per heavy atom. The predicted molar refractivity (Wildman–Crippen MR) is 110 cm³/mol. The summed E-state index contributed by atoms with van der Waals surface area (Å²) in [5.41, 5.74) is 7.23. The maximum absolute atomic E-state index is 12.1. The molecule has 4 rings (SSSR count). The van der Waals surface area contributed by atoms with Gasteiger partial charge in [0.25, 0.3) is 5.56 Å². The van der Waals surface area contributed by atoms with Gasteiger partial charge in [0, 0.05) is 36.4 Å². The molecule has 0 aromatic carbocycles. The van der Waals surface area contributed by atoms with Crippen LogP contribution in [0.5, 0.6) is 0 Å². The molecule has 1 fully saturated rings. The molecular formula is C21H28N6O. The van der Waals surface area contributed by atoms with E-state index in [1.165, 1.54) is 41.8 Å². The second kappa shape index (κ2) is 8.14. The molecule has 4 N–H and O–H groups in total. The van der Waals surface area contributed by atoms with Gasteiger partial charge < -0.3 is 15.4 Å². The molecule has 1 aliphatic rings. The van der Waals surface area contributed by atoms with Gasteiger partial charge in [-0.1, -0.05) is 13.3 Å². The quantitative estimate of drug-likeness (QED) is 0.451. The lowest BCUT2D eigenvalue weighted by Gasteiger charge is -2.28. The summed E-state index contributed by atoms with van der Waals surface area (Å²) in [7, 11) is 0. The standard InChI is InChI=1S/C21H28N6O/c1-3-22-8-7-15-13(2)26-17(19(15)14-5-4-6-14)11-18-20(24-10-9-23-18)16-12-25-27-21(16)28/h9-10,12,14,22,26H,3-8,11H2,1-2H3,(H2,25,27,28). The molecule has 0 aliphatic heterocycles. The first kappa shape index (κ1) is 18.7. The molecule has 3 aromatic heterocycles. The summed E-state index contributed by atoms with van der Waals surface area (Å²) in [6.07, 6.45) is 10.5. The van der Waals surface area contributed by atoms with Crippen molar-refractivity contribution in [3.63, 3.8) is 0 Å². The first-order valence-corrected chi connectivity index (χ1v) is 10.2. The Balaban J connectivity index is 1.70. The third kappa shape index (κ3) is 3.54. The maximum Gasteiger partial charge on any atom is 0.273 e. The molecule has 0 radical (unpaired) electrons. The zero-order valence-corrected chi connectivity index (χ0v) is 16.6. The number of aromatic amines is 3. The number of aryl methyl sites for hydroxylation is 1. The van der Waals surface area contributed by atoms with Gasteiger partial charge in [-0.3, -0.25) is 19.9 Å². The van der Waals surface area contributed by atoms with E-state index in [0.717, 1.165) is 25.2 Å². The highest BCUT2D eigenvalue weighted by molar-refractivity contribution is 5.60. The normalized spacial score (nSPS) is 14.4. The van der Waals surface area contributed by atoms with Crippen molar-refractivity contribution in [2.45, 2.75) is 51.9 Å². The molecule has 0 spiro atoms. The maximum atomic E-state index is 12.1. The highest BCUT2D eigenvalue weighted by atomic mass is 16.1. The van der Waals surface area contributed by atoms with E-state index in [-0.39, 0.29) is 5.56 Å². The number of H-pyrrole nitrogens is 3. The Bertz CT molecular complexity index is 994. The molecule has 0 amide bonds. The molecule has 0 bridgehead atoms. The Morgan fingerprint density at radius 3 is 2.75 bits per heavy atom. The number of aromatic nitrogens is 5. The second-order valence-electron chi connectivity index (χ2n) is 7.54. The van der Waals surface area contributed by atoms with Crippen molar-refractivity contribution < 1.29 is 0 Å². The largest absolute Gasteiger partial charge is 0.362 e. The summed E-state index contributed by atoms with van der Waals surface area (Å²) in [5, 5.41) is 8.78. The fourth-order valence-electron chi connectivity index (χ4n) is 4.17. The van der Waals surface area contributed by atoms with Gasteiger partial charge >= 0.3 is 0 Å². The fraction of sp³-hybridized carbons (Fsp3) is 0.476. The van der Waals surface area contributed by atoms with Crippen LogP contribution in [0.2, 0.25) is 0 Å². The molecule has 28 heavy (non-hydrogen) atoms. The zero-order chi connectivity index (χ0) is 19.5. The number of likely N-dealkylation sites (N-methyl/N-ethyl adjacent to an activating group) is 1. The van der Waals surface area contributed by atoms with Crippen molar-refractivity contribution in [3.8, 4) is 11.3 Å². The van der Waals surface area contributed by atoms with Crippen LogP contribution in [0.25, 0.3) is 11.3 Å². The lowest BCUT2D eigenvalue weighted by atomic mass is 9.77. The van der Waals surface area contributed by atoms with Crippen molar-refractivity contribution in [1.29, 1.82) is 0 Å². The van der Waals surface area contributed by atoms with Crippen LogP contribution in [0, 0.1) is 6.92 Å². The van der Waals surface area contributed by atoms with E-state index in [0.29, 0.717) is 23.6 Å². The average molecular weight is 380 g/mol. The molecule has 7 heteroatoms. The molecule has 0 saturated heterocycles. The van der Waals surface area contributed by atoms with E-state index in [4.69, 9.17) is 0 Å². The van der Waals surface area contributed by atoms with Crippen molar-refractivity contribution in [2.75, 3.05) is 13.1 Å². The van der Waals surface area contributed by atoms with Gasteiger partial charge in [-0.2, -0.15) is 0 Å². The van der Waals surface area contributed by atoms with Gasteiger partial charge in [0.15, 0.2) is 0 Å². The molecule has 1 saturated carbocycles. The Hall–Kier alpha value is -2.67. The molecule has 0 atom stereocenters. The van der Waals surface area contributed by atoms with Gasteiger partial charge in [0.1, 0.15) is 0 Å². The third-order valence-corrected chi connectivity index (χ3v) is 5.78. The monoisotopic (exact) mass is 380 g/mol. The highest BCUT2D eigenvalue weighted by Crippen LogP contribution is 2.41. The summed E-state index contributed by atoms with van der Waals surface area (Å²) in [5.74, 6) is 0.632. The van der Waals surface area contributed by atoms with Crippen LogP contribution >= 0.6 is 0 Å². The van der Waals surface area contributed by atoms with Crippen LogP contribution < -0.4 is 10.9 Å². The van der Waals surface area contributed by atoms with Crippen LogP contribution in [0.1, 0.15) is 60.3 Å². The number of nitrogens with one attached hydrogen (secondary N) is 4. The molecule has 3 heterocycles. The van der Waals surface area contributed by atoms with Gasteiger partial charge in [-0.25, -0.2) is 0 Å². The van der Waals surface area contributed by atoms with Gasteiger partial charge in [0.2, 0.25) is 0 Å².